The number of fused-ring (bicyclic) bond motifs is 1. The van der Waals surface area contributed by atoms with E-state index >= 15 is 0 Å². The molecule has 0 spiro atoms. The Balaban J connectivity index is 2.45. The maximum Gasteiger partial charge on any atom is 0.101 e. The van der Waals surface area contributed by atoms with Gasteiger partial charge in [0.1, 0.15) is 6.10 Å². The van der Waals surface area contributed by atoms with E-state index < -0.39 is 17.8 Å². The second-order valence-corrected chi connectivity index (χ2v) is 8.66. The third-order valence-corrected chi connectivity index (χ3v) is 6.25. The first-order chi connectivity index (χ1) is 10.6. The molecular formula is C20H34O3. The molecule has 5 atom stereocenters. The van der Waals surface area contributed by atoms with Crippen LogP contribution in [-0.4, -0.2) is 33.1 Å². The van der Waals surface area contributed by atoms with E-state index in [2.05, 4.69) is 19.9 Å². The molecule has 0 radical (unpaired) electrons. The van der Waals surface area contributed by atoms with Gasteiger partial charge in [0, 0.05) is 0 Å². The van der Waals surface area contributed by atoms with Crippen LogP contribution in [0.1, 0.15) is 66.7 Å². The third-order valence-electron chi connectivity index (χ3n) is 6.25. The van der Waals surface area contributed by atoms with Crippen LogP contribution in [0.2, 0.25) is 0 Å². The Bertz CT molecular complexity index is 486. The van der Waals surface area contributed by atoms with Gasteiger partial charge in [-0.1, -0.05) is 24.6 Å². The van der Waals surface area contributed by atoms with Crippen molar-refractivity contribution < 1.29 is 15.3 Å². The lowest BCUT2D eigenvalue weighted by atomic mass is 9.67. The lowest BCUT2D eigenvalue weighted by Crippen LogP contribution is -2.48. The van der Waals surface area contributed by atoms with Crippen LogP contribution in [0, 0.1) is 17.3 Å². The van der Waals surface area contributed by atoms with Crippen molar-refractivity contribution in [3.8, 4) is 0 Å². The minimum atomic E-state index is -0.848. The minimum Gasteiger partial charge on any atom is -0.390 e. The van der Waals surface area contributed by atoms with E-state index in [1.165, 1.54) is 5.57 Å². The number of rotatable bonds is 1. The van der Waals surface area contributed by atoms with Crippen LogP contribution in [-0.2, 0) is 0 Å². The maximum absolute atomic E-state index is 11.0. The molecule has 3 N–H and O–H groups in total. The van der Waals surface area contributed by atoms with Crippen molar-refractivity contribution >= 4 is 0 Å². The predicted molar refractivity (Wildman–Crippen MR) is 94.0 cm³/mol. The molecule has 1 fully saturated rings. The molecule has 2 rings (SSSR count). The molecule has 3 heteroatoms. The summed E-state index contributed by atoms with van der Waals surface area (Å²) in [5, 5.41) is 32.2. The van der Waals surface area contributed by atoms with Crippen LogP contribution in [0.5, 0.6) is 0 Å². The lowest BCUT2D eigenvalue weighted by Gasteiger charge is -2.42. The Hall–Kier alpha value is -0.640. The van der Waals surface area contributed by atoms with Crippen LogP contribution >= 0.6 is 0 Å². The van der Waals surface area contributed by atoms with Crippen molar-refractivity contribution in [3.63, 3.8) is 0 Å². The van der Waals surface area contributed by atoms with E-state index in [0.29, 0.717) is 0 Å². The number of aliphatic hydroxyl groups excluding tert-OH is 2. The molecule has 23 heavy (non-hydrogen) atoms. The maximum atomic E-state index is 11.0. The summed E-state index contributed by atoms with van der Waals surface area (Å²) in [6, 6.07) is 0. The second-order valence-electron chi connectivity index (χ2n) is 8.66. The Morgan fingerprint density at radius 2 is 1.83 bits per heavy atom. The molecule has 0 heterocycles. The van der Waals surface area contributed by atoms with Crippen LogP contribution in [0.4, 0.5) is 0 Å². The molecule has 1 saturated carbocycles. The standard InChI is InChI=1S/C20H34O3/c1-13-7-6-8-14(2)17(21)18(22)16-15(19(3,4)23)10-12-20(16,5)11-9-13/h8-9,15-18,21-23H,6-7,10-12H2,1-5H3/b13-9+,14-8+/t15-,16-,17+,18-,20+/m1/s1. The van der Waals surface area contributed by atoms with Gasteiger partial charge in [0.2, 0.25) is 0 Å². The summed E-state index contributed by atoms with van der Waals surface area (Å²) in [7, 11) is 0. The van der Waals surface area contributed by atoms with E-state index in [0.717, 1.165) is 37.7 Å². The molecule has 0 aromatic rings. The van der Waals surface area contributed by atoms with Gasteiger partial charge in [-0.3, -0.25) is 0 Å². The summed E-state index contributed by atoms with van der Waals surface area (Å²) in [5.41, 5.74) is 1.28. The van der Waals surface area contributed by atoms with Gasteiger partial charge in [-0.05, 0) is 82.6 Å². The number of hydrogen-bond donors (Lipinski definition) is 3. The molecule has 0 amide bonds. The van der Waals surface area contributed by atoms with Crippen molar-refractivity contribution in [2.45, 2.75) is 84.5 Å². The Morgan fingerprint density at radius 3 is 2.43 bits per heavy atom. The molecule has 0 unspecified atom stereocenters. The molecule has 0 aliphatic heterocycles. The SMILES string of the molecule is C/C1=C\C[C@@]2(C)CC[C@@H](C(C)(C)O)[C@@H]2[C@@H](O)[C@@H](O)/C(C)=C/CC1. The topological polar surface area (TPSA) is 60.7 Å². The molecule has 0 bridgehead atoms. The number of aliphatic hydroxyl groups is 3. The molecular weight excluding hydrogens is 288 g/mol. The molecule has 132 valence electrons. The Labute approximate surface area is 141 Å². The van der Waals surface area contributed by atoms with E-state index in [4.69, 9.17) is 0 Å². The molecule has 0 aromatic heterocycles. The first kappa shape index (κ1) is 18.7. The summed E-state index contributed by atoms with van der Waals surface area (Å²) < 4.78 is 0. The highest BCUT2D eigenvalue weighted by Gasteiger charge is 2.53. The van der Waals surface area contributed by atoms with Crippen molar-refractivity contribution in [1.29, 1.82) is 0 Å². The van der Waals surface area contributed by atoms with E-state index in [-0.39, 0.29) is 17.3 Å². The van der Waals surface area contributed by atoms with Gasteiger partial charge >= 0.3 is 0 Å². The van der Waals surface area contributed by atoms with E-state index in [1.807, 2.05) is 26.8 Å². The third kappa shape index (κ3) is 3.89. The predicted octanol–water partition coefficient (Wildman–Crippen LogP) is 3.59. The van der Waals surface area contributed by atoms with Gasteiger partial charge in [0.15, 0.2) is 0 Å². The van der Waals surface area contributed by atoms with Gasteiger partial charge in [0.25, 0.3) is 0 Å². The van der Waals surface area contributed by atoms with Gasteiger partial charge in [-0.2, -0.15) is 0 Å². The molecule has 2 aliphatic carbocycles. The fourth-order valence-corrected chi connectivity index (χ4v) is 4.62. The Morgan fingerprint density at radius 1 is 1.17 bits per heavy atom. The average Bonchev–Trinajstić information content (AvgIpc) is 2.80. The van der Waals surface area contributed by atoms with Crippen molar-refractivity contribution in [2.24, 2.45) is 17.3 Å². The van der Waals surface area contributed by atoms with Gasteiger partial charge in [0.05, 0.1) is 11.7 Å². The number of hydrogen-bond acceptors (Lipinski definition) is 3. The average molecular weight is 322 g/mol. The number of allylic oxidation sites excluding steroid dienone is 3. The van der Waals surface area contributed by atoms with Crippen LogP contribution < -0.4 is 0 Å². The molecule has 0 saturated heterocycles. The summed E-state index contributed by atoms with van der Waals surface area (Å²) in [6.45, 7) is 9.93. The van der Waals surface area contributed by atoms with E-state index in [9.17, 15) is 15.3 Å². The van der Waals surface area contributed by atoms with Gasteiger partial charge in [-0.25, -0.2) is 0 Å². The fourth-order valence-electron chi connectivity index (χ4n) is 4.62. The van der Waals surface area contributed by atoms with Crippen LogP contribution in [0.3, 0.4) is 0 Å². The quantitative estimate of drug-likeness (QED) is 0.647. The summed E-state index contributed by atoms with van der Waals surface area (Å²) in [4.78, 5) is 0. The lowest BCUT2D eigenvalue weighted by molar-refractivity contribution is -0.0896. The zero-order valence-electron chi connectivity index (χ0n) is 15.3. The van der Waals surface area contributed by atoms with Crippen LogP contribution in [0.15, 0.2) is 23.3 Å². The van der Waals surface area contributed by atoms with Gasteiger partial charge < -0.3 is 15.3 Å². The van der Waals surface area contributed by atoms with Crippen molar-refractivity contribution in [3.05, 3.63) is 23.3 Å². The second kappa shape index (κ2) is 6.70. The van der Waals surface area contributed by atoms with Crippen molar-refractivity contribution in [2.75, 3.05) is 0 Å². The molecule has 3 nitrogen and oxygen atoms in total. The zero-order chi connectivity index (χ0) is 17.4. The monoisotopic (exact) mass is 322 g/mol. The van der Waals surface area contributed by atoms with Crippen molar-refractivity contribution in [1.82, 2.24) is 0 Å². The normalized spacial score (nSPS) is 44.5. The van der Waals surface area contributed by atoms with Gasteiger partial charge in [-0.15, -0.1) is 0 Å². The highest BCUT2D eigenvalue weighted by atomic mass is 16.3. The zero-order valence-corrected chi connectivity index (χ0v) is 15.3. The highest BCUT2D eigenvalue weighted by molar-refractivity contribution is 5.15. The minimum absolute atomic E-state index is 0.000547. The van der Waals surface area contributed by atoms with E-state index in [1.54, 1.807) is 0 Å². The first-order valence-corrected chi connectivity index (χ1v) is 8.97. The summed E-state index contributed by atoms with van der Waals surface area (Å²) in [6.07, 6.45) is 7.33. The Kier molecular flexibility index (Phi) is 5.44. The summed E-state index contributed by atoms with van der Waals surface area (Å²) >= 11 is 0. The largest absolute Gasteiger partial charge is 0.390 e. The molecule has 2 aliphatic rings. The fraction of sp³-hybridized carbons (Fsp3) is 0.800. The molecule has 0 aromatic carbocycles. The van der Waals surface area contributed by atoms with Crippen LogP contribution in [0.25, 0.3) is 0 Å². The smallest absolute Gasteiger partial charge is 0.101 e. The highest BCUT2D eigenvalue weighted by Crippen LogP contribution is 2.55. The summed E-state index contributed by atoms with van der Waals surface area (Å²) in [5.74, 6) is -0.109. The first-order valence-electron chi connectivity index (χ1n) is 8.97.